The maximum Gasteiger partial charge on any atom is 0.416 e. The molecule has 0 saturated carbocycles. The first kappa shape index (κ1) is 24.3. The van der Waals surface area contributed by atoms with Gasteiger partial charge in [-0.15, -0.1) is 6.42 Å². The van der Waals surface area contributed by atoms with Crippen LogP contribution in [0.1, 0.15) is 46.9 Å². The van der Waals surface area contributed by atoms with Gasteiger partial charge in [-0.3, -0.25) is 4.79 Å². The molecule has 2 heterocycles. The van der Waals surface area contributed by atoms with Crippen LogP contribution in [0.3, 0.4) is 0 Å². The summed E-state index contributed by atoms with van der Waals surface area (Å²) in [5.74, 6) is 3.32. The number of terminal acetylenes is 1. The Morgan fingerprint density at radius 1 is 1.14 bits per heavy atom. The summed E-state index contributed by atoms with van der Waals surface area (Å²) in [7, 11) is 0. The van der Waals surface area contributed by atoms with Crippen molar-refractivity contribution in [3.63, 3.8) is 0 Å². The lowest BCUT2D eigenvalue weighted by molar-refractivity contribution is -0.137. The highest BCUT2D eigenvalue weighted by molar-refractivity contribution is 5.94. The van der Waals surface area contributed by atoms with Crippen molar-refractivity contribution in [1.29, 1.82) is 0 Å². The van der Waals surface area contributed by atoms with Crippen LogP contribution < -0.4 is 0 Å². The Labute approximate surface area is 203 Å². The van der Waals surface area contributed by atoms with Gasteiger partial charge in [-0.2, -0.15) is 13.2 Å². The topological polar surface area (TPSA) is 38.1 Å². The number of rotatable bonds is 5. The fourth-order valence-electron chi connectivity index (χ4n) is 4.15. The number of benzene rings is 2. The molecule has 0 bridgehead atoms. The van der Waals surface area contributed by atoms with E-state index in [1.54, 1.807) is 0 Å². The number of alkyl halides is 3. The Morgan fingerprint density at radius 3 is 2.40 bits per heavy atom. The molecular formula is C28H26F3N3O. The number of amides is 1. The first-order valence-corrected chi connectivity index (χ1v) is 11.3. The van der Waals surface area contributed by atoms with Gasteiger partial charge < -0.3 is 9.47 Å². The normalized spacial score (nSPS) is 15.2. The minimum atomic E-state index is -4.47. The quantitative estimate of drug-likeness (QED) is 0.410. The molecule has 2 aromatic carbocycles. The molecule has 1 atom stereocenters. The lowest BCUT2D eigenvalue weighted by atomic mass is 9.97. The van der Waals surface area contributed by atoms with E-state index in [1.165, 1.54) is 22.6 Å². The lowest BCUT2D eigenvalue weighted by Crippen LogP contribution is -2.32. The van der Waals surface area contributed by atoms with Gasteiger partial charge in [0.1, 0.15) is 5.82 Å². The molecule has 0 saturated heterocycles. The second-order valence-corrected chi connectivity index (χ2v) is 8.98. The molecule has 0 aliphatic carbocycles. The monoisotopic (exact) mass is 477 g/mol. The molecule has 0 fully saturated rings. The van der Waals surface area contributed by atoms with Crippen LogP contribution in [0.15, 0.2) is 54.1 Å². The number of imidazole rings is 1. The summed E-state index contributed by atoms with van der Waals surface area (Å²) in [5.41, 5.74) is 4.15. The lowest BCUT2D eigenvalue weighted by Gasteiger charge is -2.24. The largest absolute Gasteiger partial charge is 0.416 e. The van der Waals surface area contributed by atoms with Crippen molar-refractivity contribution in [1.82, 2.24) is 14.5 Å². The second kappa shape index (κ2) is 9.46. The summed E-state index contributed by atoms with van der Waals surface area (Å²) in [4.78, 5) is 19.7. The number of carbonyl (C=O) groups is 1. The summed E-state index contributed by atoms with van der Waals surface area (Å²) < 4.78 is 40.9. The number of halogens is 3. The number of allylic oxidation sites excluding steroid dienone is 1. The molecule has 1 unspecified atom stereocenters. The number of hydrogen-bond donors (Lipinski definition) is 0. The minimum Gasteiger partial charge on any atom is -0.322 e. The highest BCUT2D eigenvalue weighted by atomic mass is 19.4. The van der Waals surface area contributed by atoms with Gasteiger partial charge in [0.15, 0.2) is 0 Å². The fraction of sp³-hybridized carbons (Fsp3) is 0.286. The fourth-order valence-corrected chi connectivity index (χ4v) is 4.15. The molecule has 1 amide bonds. The van der Waals surface area contributed by atoms with E-state index in [4.69, 9.17) is 11.4 Å². The minimum absolute atomic E-state index is 0.00675. The van der Waals surface area contributed by atoms with Crippen molar-refractivity contribution in [2.75, 3.05) is 6.54 Å². The van der Waals surface area contributed by atoms with E-state index in [-0.39, 0.29) is 18.7 Å². The third-order valence-corrected chi connectivity index (χ3v) is 6.38. The molecular weight excluding hydrogens is 451 g/mol. The van der Waals surface area contributed by atoms with E-state index in [1.807, 2.05) is 42.0 Å². The molecule has 3 aromatic rings. The summed E-state index contributed by atoms with van der Waals surface area (Å²) in [6, 6.07) is 12.2. The summed E-state index contributed by atoms with van der Waals surface area (Å²) in [6.07, 6.45) is 3.91. The summed E-state index contributed by atoms with van der Waals surface area (Å²) in [6.45, 7) is 6.39. The van der Waals surface area contributed by atoms with Crippen LogP contribution >= 0.6 is 0 Å². The van der Waals surface area contributed by atoms with Crippen molar-refractivity contribution in [3.8, 4) is 23.6 Å². The zero-order valence-corrected chi connectivity index (χ0v) is 19.9. The van der Waals surface area contributed by atoms with Gasteiger partial charge in [0.25, 0.3) is 5.91 Å². The van der Waals surface area contributed by atoms with Crippen molar-refractivity contribution >= 4 is 12.1 Å². The van der Waals surface area contributed by atoms with Crippen LogP contribution in [0.2, 0.25) is 0 Å². The second-order valence-electron chi connectivity index (χ2n) is 8.98. The average Bonchev–Trinajstić information content (AvgIpc) is 3.15. The Kier molecular flexibility index (Phi) is 6.58. The predicted octanol–water partition coefficient (Wildman–Crippen LogP) is 6.21. The van der Waals surface area contributed by atoms with Gasteiger partial charge in [0.05, 0.1) is 30.0 Å². The Hall–Kier alpha value is -3.79. The van der Waals surface area contributed by atoms with Gasteiger partial charge >= 0.3 is 6.18 Å². The molecule has 4 nitrogen and oxygen atoms in total. The Balaban J connectivity index is 1.74. The average molecular weight is 478 g/mol. The smallest absolute Gasteiger partial charge is 0.322 e. The van der Waals surface area contributed by atoms with Crippen LogP contribution in [0.4, 0.5) is 13.2 Å². The van der Waals surface area contributed by atoms with Gasteiger partial charge in [-0.25, -0.2) is 4.98 Å². The molecule has 1 aliphatic heterocycles. The predicted molar refractivity (Wildman–Crippen MR) is 130 cm³/mol. The standard InChI is InChI=1S/C28H26F3N3O/c1-5-14-33(27(35)22-10-12-23(13-11-22)28(29,30)31)17-24-26(21-8-6-18(2)7-9-21)32-25-15-19(3)20(4)16-34(24)25/h1,6-13,16,19H,14-15,17H2,2-4H3. The van der Waals surface area contributed by atoms with Crippen molar-refractivity contribution < 1.29 is 18.0 Å². The molecule has 0 radical (unpaired) electrons. The van der Waals surface area contributed by atoms with Crippen LogP contribution in [-0.4, -0.2) is 26.9 Å². The van der Waals surface area contributed by atoms with Crippen LogP contribution in [0.5, 0.6) is 0 Å². The van der Waals surface area contributed by atoms with E-state index in [0.717, 1.165) is 46.9 Å². The third kappa shape index (κ3) is 5.02. The maximum absolute atomic E-state index is 13.3. The van der Waals surface area contributed by atoms with E-state index >= 15 is 0 Å². The Morgan fingerprint density at radius 2 is 1.80 bits per heavy atom. The Bertz CT molecular complexity index is 1310. The number of fused-ring (bicyclic) bond motifs is 1. The molecule has 180 valence electrons. The van der Waals surface area contributed by atoms with E-state index in [0.29, 0.717) is 5.92 Å². The van der Waals surface area contributed by atoms with Gasteiger partial charge in [0.2, 0.25) is 0 Å². The maximum atomic E-state index is 13.3. The molecule has 7 heteroatoms. The number of hydrogen-bond acceptors (Lipinski definition) is 2. The molecule has 0 spiro atoms. The van der Waals surface area contributed by atoms with E-state index in [2.05, 4.69) is 19.8 Å². The molecule has 1 aromatic heterocycles. The zero-order valence-electron chi connectivity index (χ0n) is 19.9. The summed E-state index contributed by atoms with van der Waals surface area (Å²) >= 11 is 0. The molecule has 35 heavy (non-hydrogen) atoms. The highest BCUT2D eigenvalue weighted by Crippen LogP contribution is 2.33. The number of nitrogens with zero attached hydrogens (tertiary/aromatic N) is 3. The SMILES string of the molecule is C#CCN(Cc1c(-c2ccc(C)cc2)nc2n1C=C(C)C(C)C2)C(=O)c1ccc(C(F)(F)F)cc1. The third-order valence-electron chi connectivity index (χ3n) is 6.38. The van der Waals surface area contributed by atoms with Gasteiger partial charge in [0, 0.05) is 23.7 Å². The molecule has 0 N–H and O–H groups in total. The van der Waals surface area contributed by atoms with E-state index < -0.39 is 17.6 Å². The first-order chi connectivity index (χ1) is 16.6. The molecule has 1 aliphatic rings. The molecule has 4 rings (SSSR count). The summed E-state index contributed by atoms with van der Waals surface area (Å²) in [5, 5.41) is 0. The van der Waals surface area contributed by atoms with Crippen LogP contribution in [0, 0.1) is 25.2 Å². The van der Waals surface area contributed by atoms with Crippen LogP contribution in [-0.2, 0) is 19.1 Å². The number of aryl methyl sites for hydroxylation is 1. The number of aromatic nitrogens is 2. The highest BCUT2D eigenvalue weighted by Gasteiger charge is 2.31. The first-order valence-electron chi connectivity index (χ1n) is 11.3. The van der Waals surface area contributed by atoms with Gasteiger partial charge in [-0.05, 0) is 44.0 Å². The zero-order chi connectivity index (χ0) is 25.3. The number of carbonyl (C=O) groups excluding carboxylic acids is 1. The van der Waals surface area contributed by atoms with Crippen molar-refractivity contribution in [3.05, 3.63) is 82.3 Å². The van der Waals surface area contributed by atoms with Crippen LogP contribution in [0.25, 0.3) is 17.5 Å². The van der Waals surface area contributed by atoms with Crippen molar-refractivity contribution in [2.24, 2.45) is 5.92 Å². The van der Waals surface area contributed by atoms with Crippen molar-refractivity contribution in [2.45, 2.75) is 39.9 Å². The van der Waals surface area contributed by atoms with E-state index in [9.17, 15) is 18.0 Å². The van der Waals surface area contributed by atoms with Gasteiger partial charge in [-0.1, -0.05) is 48.2 Å².